The van der Waals surface area contributed by atoms with Crippen LogP contribution in [-0.2, 0) is 11.8 Å². The normalized spacial score (nSPS) is 11.7. The Bertz CT molecular complexity index is 599. The number of rotatable bonds is 3. The van der Waals surface area contributed by atoms with Crippen LogP contribution in [0.25, 0.3) is 0 Å². The van der Waals surface area contributed by atoms with Crippen molar-refractivity contribution in [2.75, 3.05) is 24.7 Å². The fourth-order valence-corrected chi connectivity index (χ4v) is 2.59. The molecular formula is C13H20N6S. The molecule has 2 aromatic rings. The molecule has 2 rings (SSSR count). The second kappa shape index (κ2) is 5.32. The number of thiazole rings is 1. The summed E-state index contributed by atoms with van der Waals surface area (Å²) in [6.45, 7) is 6.45. The van der Waals surface area contributed by atoms with Gasteiger partial charge >= 0.3 is 0 Å². The van der Waals surface area contributed by atoms with E-state index in [4.69, 9.17) is 5.73 Å². The van der Waals surface area contributed by atoms with Crippen molar-refractivity contribution in [3.63, 3.8) is 0 Å². The van der Waals surface area contributed by atoms with Crippen molar-refractivity contribution in [1.29, 1.82) is 0 Å². The van der Waals surface area contributed by atoms with E-state index in [1.165, 1.54) is 0 Å². The number of aromatic nitrogens is 4. The molecule has 2 aromatic heterocycles. The van der Waals surface area contributed by atoms with E-state index < -0.39 is 0 Å². The van der Waals surface area contributed by atoms with Crippen LogP contribution in [-0.4, -0.2) is 34.0 Å². The van der Waals surface area contributed by atoms with E-state index >= 15 is 0 Å². The van der Waals surface area contributed by atoms with Gasteiger partial charge in [-0.3, -0.25) is 0 Å². The summed E-state index contributed by atoms with van der Waals surface area (Å²) in [5, 5.41) is 3.08. The van der Waals surface area contributed by atoms with Crippen LogP contribution >= 0.6 is 11.3 Å². The smallest absolute Gasteiger partial charge is 0.229 e. The van der Waals surface area contributed by atoms with Crippen LogP contribution < -0.4 is 10.6 Å². The Hall–Kier alpha value is -1.76. The van der Waals surface area contributed by atoms with Gasteiger partial charge in [0.25, 0.3) is 0 Å². The first-order valence-electron chi connectivity index (χ1n) is 6.38. The Kier molecular flexibility index (Phi) is 3.89. The lowest BCUT2D eigenvalue weighted by molar-refractivity contribution is 0.571. The van der Waals surface area contributed by atoms with Gasteiger partial charge in [-0.25, -0.2) is 4.98 Å². The summed E-state index contributed by atoms with van der Waals surface area (Å²) in [4.78, 5) is 19.1. The molecule has 108 valence electrons. The van der Waals surface area contributed by atoms with Gasteiger partial charge in [0.15, 0.2) is 0 Å². The molecule has 0 spiro atoms. The monoisotopic (exact) mass is 292 g/mol. The van der Waals surface area contributed by atoms with E-state index in [0.717, 1.165) is 10.7 Å². The molecule has 2 N–H and O–H groups in total. The van der Waals surface area contributed by atoms with Crippen molar-refractivity contribution < 1.29 is 0 Å². The molecule has 20 heavy (non-hydrogen) atoms. The highest BCUT2D eigenvalue weighted by molar-refractivity contribution is 7.09. The molecule has 0 aliphatic carbocycles. The SMILES string of the molecule is CN(C)c1nc(N)nc(Cc2nc(C(C)(C)C)cs2)n1. The average molecular weight is 292 g/mol. The third-order valence-electron chi connectivity index (χ3n) is 2.72. The fraction of sp³-hybridized carbons (Fsp3) is 0.538. The molecule has 0 saturated heterocycles. The van der Waals surface area contributed by atoms with Crippen LogP contribution in [0.2, 0.25) is 0 Å². The predicted octanol–water partition coefficient (Wildman–Crippen LogP) is 1.86. The van der Waals surface area contributed by atoms with Crippen LogP contribution in [0.1, 0.15) is 37.3 Å². The summed E-state index contributed by atoms with van der Waals surface area (Å²) in [6.07, 6.45) is 0.578. The van der Waals surface area contributed by atoms with Crippen LogP contribution in [0.3, 0.4) is 0 Å². The zero-order valence-corrected chi connectivity index (χ0v) is 13.3. The minimum absolute atomic E-state index is 0.0572. The van der Waals surface area contributed by atoms with Crippen LogP contribution in [0.5, 0.6) is 0 Å². The van der Waals surface area contributed by atoms with Crippen molar-refractivity contribution >= 4 is 23.2 Å². The maximum absolute atomic E-state index is 5.72. The molecule has 0 unspecified atom stereocenters. The molecule has 0 saturated carbocycles. The molecule has 6 nitrogen and oxygen atoms in total. The zero-order chi connectivity index (χ0) is 14.9. The Balaban J connectivity index is 2.24. The zero-order valence-electron chi connectivity index (χ0n) is 12.5. The molecular weight excluding hydrogens is 272 g/mol. The van der Waals surface area contributed by atoms with E-state index in [1.807, 2.05) is 19.0 Å². The molecule has 0 fully saturated rings. The summed E-state index contributed by atoms with van der Waals surface area (Å²) in [7, 11) is 3.75. The van der Waals surface area contributed by atoms with Gasteiger partial charge < -0.3 is 10.6 Å². The molecule has 0 aliphatic rings. The molecule has 0 atom stereocenters. The second-order valence-corrected chi connectivity index (χ2v) is 6.80. The topological polar surface area (TPSA) is 80.8 Å². The van der Waals surface area contributed by atoms with E-state index in [1.54, 1.807) is 11.3 Å². The highest BCUT2D eigenvalue weighted by atomic mass is 32.1. The van der Waals surface area contributed by atoms with E-state index in [-0.39, 0.29) is 11.4 Å². The summed E-state index contributed by atoms with van der Waals surface area (Å²) in [5.74, 6) is 1.46. The van der Waals surface area contributed by atoms with Crippen molar-refractivity contribution in [2.24, 2.45) is 0 Å². The van der Waals surface area contributed by atoms with Crippen molar-refractivity contribution in [1.82, 2.24) is 19.9 Å². The first kappa shape index (κ1) is 14.6. The average Bonchev–Trinajstić information content (AvgIpc) is 2.76. The molecule has 0 amide bonds. The van der Waals surface area contributed by atoms with Gasteiger partial charge in [-0.1, -0.05) is 20.8 Å². The summed E-state index contributed by atoms with van der Waals surface area (Å²) < 4.78 is 0. The number of anilines is 2. The van der Waals surface area contributed by atoms with E-state index in [9.17, 15) is 0 Å². The van der Waals surface area contributed by atoms with Gasteiger partial charge in [0.2, 0.25) is 11.9 Å². The standard InChI is InChI=1S/C13H20N6S/c1-13(2,3)8-7-20-10(15-8)6-9-16-11(14)18-12(17-9)19(4)5/h7H,6H2,1-5H3,(H2,14,16,17,18). The number of nitrogen functional groups attached to an aromatic ring is 1. The van der Waals surface area contributed by atoms with E-state index in [2.05, 4.69) is 46.1 Å². The fourth-order valence-electron chi connectivity index (χ4n) is 1.58. The lowest BCUT2D eigenvalue weighted by Crippen LogP contribution is -2.16. The maximum Gasteiger partial charge on any atom is 0.229 e. The van der Waals surface area contributed by atoms with Crippen LogP contribution in [0, 0.1) is 0 Å². The lowest BCUT2D eigenvalue weighted by atomic mass is 9.93. The molecule has 2 heterocycles. The summed E-state index contributed by atoms with van der Waals surface area (Å²) in [5.41, 5.74) is 6.87. The van der Waals surface area contributed by atoms with Crippen molar-refractivity contribution in [3.8, 4) is 0 Å². The third kappa shape index (κ3) is 3.41. The number of nitrogens with two attached hydrogens (primary N) is 1. The largest absolute Gasteiger partial charge is 0.368 e. The quantitative estimate of drug-likeness (QED) is 0.930. The molecule has 0 aliphatic heterocycles. The van der Waals surface area contributed by atoms with Crippen LogP contribution in [0.4, 0.5) is 11.9 Å². The Morgan fingerprint density at radius 1 is 1.15 bits per heavy atom. The molecule has 7 heteroatoms. The maximum atomic E-state index is 5.72. The highest BCUT2D eigenvalue weighted by Crippen LogP contribution is 2.24. The minimum Gasteiger partial charge on any atom is -0.368 e. The van der Waals surface area contributed by atoms with Gasteiger partial charge in [0.1, 0.15) is 10.8 Å². The van der Waals surface area contributed by atoms with Crippen molar-refractivity contribution in [3.05, 3.63) is 21.9 Å². The Labute approximate surface area is 123 Å². The summed E-state index contributed by atoms with van der Waals surface area (Å²) >= 11 is 1.63. The van der Waals surface area contributed by atoms with Crippen LogP contribution in [0.15, 0.2) is 5.38 Å². The molecule has 0 aromatic carbocycles. The number of hydrogen-bond acceptors (Lipinski definition) is 7. The molecule has 0 bridgehead atoms. The van der Waals surface area contributed by atoms with Gasteiger partial charge in [0, 0.05) is 24.9 Å². The predicted molar refractivity (Wildman–Crippen MR) is 82.2 cm³/mol. The van der Waals surface area contributed by atoms with Gasteiger partial charge in [-0.15, -0.1) is 11.3 Å². The minimum atomic E-state index is 0.0572. The van der Waals surface area contributed by atoms with Crippen molar-refractivity contribution in [2.45, 2.75) is 32.6 Å². The second-order valence-electron chi connectivity index (χ2n) is 5.86. The summed E-state index contributed by atoms with van der Waals surface area (Å²) in [6, 6.07) is 0. The highest BCUT2D eigenvalue weighted by Gasteiger charge is 2.18. The number of nitrogens with zero attached hydrogens (tertiary/aromatic N) is 5. The Morgan fingerprint density at radius 3 is 2.40 bits per heavy atom. The van der Waals surface area contributed by atoms with E-state index in [0.29, 0.717) is 18.2 Å². The number of hydrogen-bond donors (Lipinski definition) is 1. The molecule has 0 radical (unpaired) electrons. The first-order chi connectivity index (χ1) is 9.25. The first-order valence-corrected chi connectivity index (χ1v) is 7.26. The van der Waals surface area contributed by atoms with Gasteiger partial charge in [0.05, 0.1) is 12.1 Å². The van der Waals surface area contributed by atoms with Gasteiger partial charge in [-0.2, -0.15) is 15.0 Å². The Morgan fingerprint density at radius 2 is 1.85 bits per heavy atom. The van der Waals surface area contributed by atoms with Gasteiger partial charge in [-0.05, 0) is 0 Å². The third-order valence-corrected chi connectivity index (χ3v) is 3.57. The lowest BCUT2D eigenvalue weighted by Gasteiger charge is -2.14.